The first-order chi connectivity index (χ1) is 6.86. The van der Waals surface area contributed by atoms with Crippen LogP contribution in [0.4, 0.5) is 0 Å². The predicted octanol–water partition coefficient (Wildman–Crippen LogP) is 2.33. The molecule has 0 bridgehead atoms. The summed E-state index contributed by atoms with van der Waals surface area (Å²) in [4.78, 5) is 11.1. The molecule has 0 spiro atoms. The lowest BCUT2D eigenvalue weighted by Gasteiger charge is -2.06. The van der Waals surface area contributed by atoms with E-state index in [1.165, 1.54) is 0 Å². The number of aromatic nitrogens is 3. The summed E-state index contributed by atoms with van der Waals surface area (Å²) in [7, 11) is 0. The second kappa shape index (κ2) is 4.24. The number of imidazole rings is 1. The van der Waals surface area contributed by atoms with Crippen molar-refractivity contribution in [3.05, 3.63) is 48.3 Å². The third kappa shape index (κ3) is 2.12. The highest BCUT2D eigenvalue weighted by Crippen LogP contribution is 2.22. The molecule has 1 unspecified atom stereocenters. The van der Waals surface area contributed by atoms with Crippen molar-refractivity contribution in [3.63, 3.8) is 0 Å². The first kappa shape index (κ1) is 9.21. The number of pyridine rings is 1. The van der Waals surface area contributed by atoms with Crippen LogP contribution in [0, 0.1) is 0 Å². The Morgan fingerprint density at radius 2 is 2.07 bits per heavy atom. The number of H-pyrrole nitrogens is 1. The van der Waals surface area contributed by atoms with Crippen LogP contribution in [-0.2, 0) is 6.42 Å². The normalized spacial score (nSPS) is 12.6. The van der Waals surface area contributed by atoms with Crippen LogP contribution in [0.15, 0.2) is 36.9 Å². The van der Waals surface area contributed by atoms with Crippen molar-refractivity contribution in [2.75, 3.05) is 0 Å². The largest absolute Gasteiger partial charge is 0.349 e. The Kier molecular flexibility index (Phi) is 2.79. The van der Waals surface area contributed by atoms with Gasteiger partial charge in [-0.3, -0.25) is 4.98 Å². The number of rotatable bonds is 3. The van der Waals surface area contributed by atoms with E-state index in [0.29, 0.717) is 6.42 Å². The van der Waals surface area contributed by atoms with Crippen molar-refractivity contribution in [2.24, 2.45) is 0 Å². The molecule has 0 aliphatic rings. The number of halogens is 1. The summed E-state index contributed by atoms with van der Waals surface area (Å²) >= 11 is 6.21. The van der Waals surface area contributed by atoms with E-state index in [0.717, 1.165) is 11.4 Å². The van der Waals surface area contributed by atoms with Crippen LogP contribution in [0.2, 0.25) is 0 Å². The average Bonchev–Trinajstić information content (AvgIpc) is 2.72. The second-order valence-corrected chi connectivity index (χ2v) is 3.51. The molecule has 4 heteroatoms. The molecule has 2 aromatic heterocycles. The molecular weight excluding hydrogens is 198 g/mol. The Morgan fingerprint density at radius 1 is 1.29 bits per heavy atom. The predicted molar refractivity (Wildman–Crippen MR) is 55.1 cm³/mol. The molecule has 2 rings (SSSR count). The van der Waals surface area contributed by atoms with Crippen LogP contribution >= 0.6 is 11.6 Å². The molecule has 1 N–H and O–H groups in total. The van der Waals surface area contributed by atoms with Crippen molar-refractivity contribution in [3.8, 4) is 0 Å². The van der Waals surface area contributed by atoms with E-state index in [9.17, 15) is 0 Å². The third-order valence-corrected chi connectivity index (χ3v) is 2.40. The molecule has 0 fully saturated rings. The third-order valence-electron chi connectivity index (χ3n) is 2.00. The molecule has 72 valence electrons. The number of aromatic amines is 1. The van der Waals surface area contributed by atoms with E-state index < -0.39 is 0 Å². The minimum Gasteiger partial charge on any atom is -0.349 e. The minimum absolute atomic E-state index is 0.0517. The Labute approximate surface area is 87.2 Å². The summed E-state index contributed by atoms with van der Waals surface area (Å²) in [5.74, 6) is 0.904. The van der Waals surface area contributed by atoms with Gasteiger partial charge in [0.1, 0.15) is 5.82 Å². The van der Waals surface area contributed by atoms with Crippen molar-refractivity contribution >= 4 is 11.6 Å². The Balaban J connectivity index is 2.07. The monoisotopic (exact) mass is 207 g/mol. The maximum atomic E-state index is 6.21. The molecule has 14 heavy (non-hydrogen) atoms. The molecule has 0 saturated carbocycles. The fourth-order valence-corrected chi connectivity index (χ4v) is 1.56. The minimum atomic E-state index is -0.0517. The van der Waals surface area contributed by atoms with Gasteiger partial charge in [0.2, 0.25) is 0 Å². The van der Waals surface area contributed by atoms with Gasteiger partial charge in [0.05, 0.1) is 5.38 Å². The first-order valence-electron chi connectivity index (χ1n) is 4.38. The molecule has 2 heterocycles. The highest BCUT2D eigenvalue weighted by atomic mass is 35.5. The maximum Gasteiger partial charge on any atom is 0.107 e. The number of nitrogens with zero attached hydrogens (tertiary/aromatic N) is 2. The van der Waals surface area contributed by atoms with E-state index in [1.807, 2.05) is 12.1 Å². The molecule has 2 aromatic rings. The average molecular weight is 208 g/mol. The van der Waals surface area contributed by atoms with E-state index in [4.69, 9.17) is 11.6 Å². The zero-order valence-electron chi connectivity index (χ0n) is 7.52. The van der Waals surface area contributed by atoms with Gasteiger partial charge in [-0.25, -0.2) is 4.98 Å². The summed E-state index contributed by atoms with van der Waals surface area (Å²) in [5, 5.41) is -0.0517. The molecule has 0 amide bonds. The van der Waals surface area contributed by atoms with Gasteiger partial charge in [0.15, 0.2) is 0 Å². The fourth-order valence-electron chi connectivity index (χ4n) is 1.27. The van der Waals surface area contributed by atoms with Crippen molar-refractivity contribution in [1.82, 2.24) is 15.0 Å². The summed E-state index contributed by atoms with van der Waals surface area (Å²) in [6, 6.07) is 3.83. The topological polar surface area (TPSA) is 41.6 Å². The van der Waals surface area contributed by atoms with E-state index >= 15 is 0 Å². The van der Waals surface area contributed by atoms with Crippen LogP contribution in [0.5, 0.6) is 0 Å². The van der Waals surface area contributed by atoms with Crippen molar-refractivity contribution in [1.29, 1.82) is 0 Å². The molecule has 0 saturated heterocycles. The number of hydrogen-bond donors (Lipinski definition) is 1. The maximum absolute atomic E-state index is 6.21. The SMILES string of the molecule is ClC(Cc1ncc[nH]1)c1ccncc1. The summed E-state index contributed by atoms with van der Waals surface area (Å²) in [6.45, 7) is 0. The quantitative estimate of drug-likeness (QED) is 0.785. The van der Waals surface area contributed by atoms with E-state index in [2.05, 4.69) is 15.0 Å². The Morgan fingerprint density at radius 3 is 2.71 bits per heavy atom. The van der Waals surface area contributed by atoms with Crippen LogP contribution in [0.3, 0.4) is 0 Å². The first-order valence-corrected chi connectivity index (χ1v) is 4.82. The van der Waals surface area contributed by atoms with Gasteiger partial charge in [0, 0.05) is 31.2 Å². The van der Waals surface area contributed by atoms with Gasteiger partial charge in [-0.15, -0.1) is 11.6 Å². The van der Waals surface area contributed by atoms with Crippen LogP contribution in [-0.4, -0.2) is 15.0 Å². The zero-order valence-corrected chi connectivity index (χ0v) is 8.28. The smallest absolute Gasteiger partial charge is 0.107 e. The number of hydrogen-bond acceptors (Lipinski definition) is 2. The second-order valence-electron chi connectivity index (χ2n) is 2.99. The van der Waals surface area contributed by atoms with Crippen LogP contribution in [0.25, 0.3) is 0 Å². The molecule has 3 nitrogen and oxygen atoms in total. The van der Waals surface area contributed by atoms with Gasteiger partial charge in [-0.1, -0.05) is 0 Å². The number of nitrogens with one attached hydrogen (secondary N) is 1. The molecule has 1 atom stereocenters. The van der Waals surface area contributed by atoms with E-state index in [1.54, 1.807) is 24.8 Å². The zero-order chi connectivity index (χ0) is 9.80. The molecule has 0 aliphatic carbocycles. The van der Waals surface area contributed by atoms with Crippen LogP contribution in [0.1, 0.15) is 16.8 Å². The van der Waals surface area contributed by atoms with Gasteiger partial charge >= 0.3 is 0 Å². The molecule has 0 aromatic carbocycles. The van der Waals surface area contributed by atoms with Crippen molar-refractivity contribution < 1.29 is 0 Å². The highest BCUT2D eigenvalue weighted by Gasteiger charge is 2.09. The summed E-state index contributed by atoms with van der Waals surface area (Å²) in [5.41, 5.74) is 1.07. The lowest BCUT2D eigenvalue weighted by molar-refractivity contribution is 0.853. The summed E-state index contributed by atoms with van der Waals surface area (Å²) < 4.78 is 0. The van der Waals surface area contributed by atoms with Crippen molar-refractivity contribution in [2.45, 2.75) is 11.8 Å². The lowest BCUT2D eigenvalue weighted by atomic mass is 10.1. The fraction of sp³-hybridized carbons (Fsp3) is 0.200. The molecule has 0 aliphatic heterocycles. The molecular formula is C10H10ClN3. The van der Waals surface area contributed by atoms with E-state index in [-0.39, 0.29) is 5.38 Å². The molecule has 0 radical (unpaired) electrons. The van der Waals surface area contributed by atoms with Gasteiger partial charge < -0.3 is 4.98 Å². The highest BCUT2D eigenvalue weighted by molar-refractivity contribution is 6.20. The van der Waals surface area contributed by atoms with Crippen LogP contribution < -0.4 is 0 Å². The number of alkyl halides is 1. The van der Waals surface area contributed by atoms with Gasteiger partial charge in [-0.05, 0) is 17.7 Å². The lowest BCUT2D eigenvalue weighted by Crippen LogP contribution is -1.97. The summed E-state index contributed by atoms with van der Waals surface area (Å²) in [6.07, 6.45) is 7.72. The van der Waals surface area contributed by atoms with Gasteiger partial charge in [-0.2, -0.15) is 0 Å². The Hall–Kier alpha value is -1.35. The Bertz CT molecular complexity index is 372. The standard InChI is InChI=1S/C10H10ClN3/c11-9(7-10-13-5-6-14-10)8-1-3-12-4-2-8/h1-6,9H,7H2,(H,13,14). The van der Waals surface area contributed by atoms with Gasteiger partial charge in [0.25, 0.3) is 0 Å².